The molecule has 138 valence electrons. The lowest BCUT2D eigenvalue weighted by atomic mass is 10.1. The van der Waals surface area contributed by atoms with E-state index in [4.69, 9.17) is 10.5 Å². The fourth-order valence-electron chi connectivity index (χ4n) is 2.75. The third kappa shape index (κ3) is 5.39. The lowest BCUT2D eigenvalue weighted by Crippen LogP contribution is -2.33. The lowest BCUT2D eigenvalue weighted by molar-refractivity contribution is -0.120. The van der Waals surface area contributed by atoms with Gasteiger partial charge in [-0.15, -0.1) is 0 Å². The van der Waals surface area contributed by atoms with Crippen LogP contribution >= 0.6 is 0 Å². The Hall–Kier alpha value is -3.18. The number of carbonyl (C=O) groups excluding carboxylic acids is 1. The molecule has 3 aromatic carbocycles. The highest BCUT2D eigenvalue weighted by Crippen LogP contribution is 2.17. The smallest absolute Gasteiger partial charge is 0.239 e. The van der Waals surface area contributed by atoms with E-state index in [0.717, 1.165) is 16.7 Å². The van der Waals surface area contributed by atoms with Gasteiger partial charge in [-0.25, -0.2) is 4.39 Å². The van der Waals surface area contributed by atoms with E-state index >= 15 is 0 Å². The van der Waals surface area contributed by atoms with Gasteiger partial charge in [0.2, 0.25) is 5.91 Å². The first-order chi connectivity index (χ1) is 13.1. The SMILES string of the molecule is NC(=O)C(NCc1ccc(OCc2cccc(F)c2)cc1)c1ccccc1. The first-order valence-corrected chi connectivity index (χ1v) is 8.65. The van der Waals surface area contributed by atoms with E-state index in [1.165, 1.54) is 12.1 Å². The van der Waals surface area contributed by atoms with Gasteiger partial charge in [-0.05, 0) is 41.0 Å². The zero-order valence-electron chi connectivity index (χ0n) is 14.8. The van der Waals surface area contributed by atoms with Crippen molar-refractivity contribution in [1.29, 1.82) is 0 Å². The van der Waals surface area contributed by atoms with Crippen molar-refractivity contribution in [1.82, 2.24) is 5.32 Å². The second-order valence-corrected chi connectivity index (χ2v) is 6.19. The molecule has 4 nitrogen and oxygen atoms in total. The van der Waals surface area contributed by atoms with Gasteiger partial charge in [0.15, 0.2) is 0 Å². The van der Waals surface area contributed by atoms with E-state index in [1.54, 1.807) is 6.07 Å². The van der Waals surface area contributed by atoms with Crippen LogP contribution in [0.4, 0.5) is 4.39 Å². The minimum absolute atomic E-state index is 0.278. The molecule has 0 heterocycles. The number of ether oxygens (including phenoxy) is 1. The van der Waals surface area contributed by atoms with E-state index in [0.29, 0.717) is 18.9 Å². The molecule has 1 unspecified atom stereocenters. The molecule has 0 radical (unpaired) electrons. The molecule has 0 saturated heterocycles. The van der Waals surface area contributed by atoms with Crippen LogP contribution in [0.5, 0.6) is 5.75 Å². The number of primary amides is 1. The predicted molar refractivity (Wildman–Crippen MR) is 102 cm³/mol. The average molecular weight is 364 g/mol. The number of benzene rings is 3. The second kappa shape index (κ2) is 8.96. The Bertz CT molecular complexity index is 882. The zero-order valence-corrected chi connectivity index (χ0v) is 14.8. The number of halogens is 1. The van der Waals surface area contributed by atoms with E-state index in [-0.39, 0.29) is 5.82 Å². The number of hydrogen-bond acceptors (Lipinski definition) is 3. The second-order valence-electron chi connectivity index (χ2n) is 6.19. The summed E-state index contributed by atoms with van der Waals surface area (Å²) >= 11 is 0. The summed E-state index contributed by atoms with van der Waals surface area (Å²) < 4.78 is 18.9. The van der Waals surface area contributed by atoms with Gasteiger partial charge in [0.05, 0.1) is 0 Å². The van der Waals surface area contributed by atoms with Crippen molar-refractivity contribution < 1.29 is 13.9 Å². The Morgan fingerprint density at radius 2 is 1.70 bits per heavy atom. The van der Waals surface area contributed by atoms with Crippen molar-refractivity contribution in [3.05, 3.63) is 101 Å². The van der Waals surface area contributed by atoms with Crippen LogP contribution < -0.4 is 15.8 Å². The third-order valence-corrected chi connectivity index (χ3v) is 4.15. The maximum Gasteiger partial charge on any atom is 0.239 e. The fraction of sp³-hybridized carbons (Fsp3) is 0.136. The average Bonchev–Trinajstić information content (AvgIpc) is 2.68. The van der Waals surface area contributed by atoms with Gasteiger partial charge in [0.25, 0.3) is 0 Å². The molecule has 0 aliphatic heterocycles. The van der Waals surface area contributed by atoms with Gasteiger partial charge in [0.1, 0.15) is 24.2 Å². The summed E-state index contributed by atoms with van der Waals surface area (Å²) in [6.07, 6.45) is 0. The number of carbonyl (C=O) groups is 1. The minimum Gasteiger partial charge on any atom is -0.489 e. The summed E-state index contributed by atoms with van der Waals surface area (Å²) in [7, 11) is 0. The standard InChI is InChI=1S/C22H21FN2O2/c23-19-8-4-5-17(13-19)15-27-20-11-9-16(10-12-20)14-25-21(22(24)26)18-6-2-1-3-7-18/h1-13,21,25H,14-15H2,(H2,24,26). The first kappa shape index (κ1) is 18.6. The number of amides is 1. The monoisotopic (exact) mass is 364 g/mol. The molecule has 27 heavy (non-hydrogen) atoms. The Balaban J connectivity index is 1.56. The highest BCUT2D eigenvalue weighted by molar-refractivity contribution is 5.81. The predicted octanol–water partition coefficient (Wildman–Crippen LogP) is 3.72. The lowest BCUT2D eigenvalue weighted by Gasteiger charge is -2.16. The third-order valence-electron chi connectivity index (χ3n) is 4.15. The Morgan fingerprint density at radius 3 is 2.37 bits per heavy atom. The normalized spacial score (nSPS) is 11.7. The number of rotatable bonds is 8. The molecule has 5 heteroatoms. The van der Waals surface area contributed by atoms with Crippen molar-refractivity contribution >= 4 is 5.91 Å². The van der Waals surface area contributed by atoms with E-state index in [1.807, 2.05) is 60.7 Å². The molecule has 3 N–H and O–H groups in total. The quantitative estimate of drug-likeness (QED) is 0.640. The summed E-state index contributed by atoms with van der Waals surface area (Å²) in [6, 6.07) is 22.7. The van der Waals surface area contributed by atoms with Gasteiger partial charge in [-0.1, -0.05) is 54.6 Å². The zero-order chi connectivity index (χ0) is 19.1. The molecule has 0 spiro atoms. The van der Waals surface area contributed by atoms with Crippen molar-refractivity contribution in [2.24, 2.45) is 5.73 Å². The number of nitrogens with one attached hydrogen (secondary N) is 1. The number of nitrogens with two attached hydrogens (primary N) is 1. The minimum atomic E-state index is -0.546. The van der Waals surface area contributed by atoms with Crippen molar-refractivity contribution in [2.75, 3.05) is 0 Å². The highest BCUT2D eigenvalue weighted by Gasteiger charge is 2.16. The Labute approximate surface area is 157 Å². The van der Waals surface area contributed by atoms with Gasteiger partial charge in [-0.3, -0.25) is 10.1 Å². The molecule has 3 aromatic rings. The van der Waals surface area contributed by atoms with Crippen LogP contribution in [0.15, 0.2) is 78.9 Å². The van der Waals surface area contributed by atoms with Crippen molar-refractivity contribution in [3.63, 3.8) is 0 Å². The summed E-state index contributed by atoms with van der Waals surface area (Å²) in [5.74, 6) is -0.00582. The molecule has 3 rings (SSSR count). The highest BCUT2D eigenvalue weighted by atomic mass is 19.1. The molecule has 0 aliphatic rings. The maximum atomic E-state index is 13.2. The molecule has 0 bridgehead atoms. The van der Waals surface area contributed by atoms with Crippen molar-refractivity contribution in [3.8, 4) is 5.75 Å². The summed E-state index contributed by atoms with van der Waals surface area (Å²) in [6.45, 7) is 0.791. The largest absolute Gasteiger partial charge is 0.489 e. The first-order valence-electron chi connectivity index (χ1n) is 8.65. The molecule has 0 saturated carbocycles. The van der Waals surface area contributed by atoms with Crippen LogP contribution in [0.3, 0.4) is 0 Å². The van der Waals surface area contributed by atoms with E-state index in [9.17, 15) is 9.18 Å². The molecule has 0 aliphatic carbocycles. The molecule has 1 amide bonds. The maximum absolute atomic E-state index is 13.2. The topological polar surface area (TPSA) is 64.4 Å². The molecule has 0 aromatic heterocycles. The Morgan fingerprint density at radius 1 is 0.963 bits per heavy atom. The van der Waals surface area contributed by atoms with Crippen LogP contribution in [0.25, 0.3) is 0 Å². The van der Waals surface area contributed by atoms with Crippen LogP contribution in [-0.4, -0.2) is 5.91 Å². The van der Waals surface area contributed by atoms with Gasteiger partial charge in [0, 0.05) is 6.54 Å². The Kier molecular flexibility index (Phi) is 6.18. The fourth-order valence-corrected chi connectivity index (χ4v) is 2.75. The summed E-state index contributed by atoms with van der Waals surface area (Å²) in [5.41, 5.74) is 8.11. The molecule has 0 fully saturated rings. The van der Waals surface area contributed by atoms with Crippen LogP contribution in [0.1, 0.15) is 22.7 Å². The van der Waals surface area contributed by atoms with Crippen molar-refractivity contribution in [2.45, 2.75) is 19.2 Å². The summed E-state index contributed by atoms with van der Waals surface area (Å²) in [5, 5.41) is 3.18. The van der Waals surface area contributed by atoms with Crippen LogP contribution in [-0.2, 0) is 17.9 Å². The van der Waals surface area contributed by atoms with Gasteiger partial charge >= 0.3 is 0 Å². The van der Waals surface area contributed by atoms with Gasteiger partial charge < -0.3 is 10.5 Å². The van der Waals surface area contributed by atoms with E-state index < -0.39 is 11.9 Å². The van der Waals surface area contributed by atoms with E-state index in [2.05, 4.69) is 5.32 Å². The van der Waals surface area contributed by atoms with Crippen LogP contribution in [0.2, 0.25) is 0 Å². The van der Waals surface area contributed by atoms with Gasteiger partial charge in [-0.2, -0.15) is 0 Å². The summed E-state index contributed by atoms with van der Waals surface area (Å²) in [4.78, 5) is 11.7. The molecular weight excluding hydrogens is 343 g/mol. The van der Waals surface area contributed by atoms with Crippen LogP contribution in [0, 0.1) is 5.82 Å². The molecular formula is C22H21FN2O2. The molecule has 1 atom stereocenters. The number of hydrogen-bond donors (Lipinski definition) is 2.